The van der Waals surface area contributed by atoms with Gasteiger partial charge in [0.15, 0.2) is 0 Å². The Kier molecular flexibility index (Phi) is 5.46. The van der Waals surface area contributed by atoms with E-state index < -0.39 is 23.7 Å². The van der Waals surface area contributed by atoms with Crippen LogP contribution in [0.25, 0.3) is 0 Å². The normalized spacial score (nSPS) is 11.6. The van der Waals surface area contributed by atoms with Crippen molar-refractivity contribution in [1.82, 2.24) is 5.32 Å². The number of methoxy groups -OCH3 is 1. The average molecular weight is 315 g/mol. The lowest BCUT2D eigenvalue weighted by atomic mass is 10.0. The number of benzene rings is 2. The second kappa shape index (κ2) is 7.54. The minimum absolute atomic E-state index is 0.106. The van der Waals surface area contributed by atoms with Crippen LogP contribution in [0.5, 0.6) is 0 Å². The fourth-order valence-electron chi connectivity index (χ4n) is 2.18. The molecule has 0 radical (unpaired) electrons. The second-order valence-corrected chi connectivity index (χ2v) is 5.22. The summed E-state index contributed by atoms with van der Waals surface area (Å²) in [5, 5.41) is 2.53. The van der Waals surface area contributed by atoms with Crippen molar-refractivity contribution in [3.63, 3.8) is 0 Å². The molecule has 1 N–H and O–H groups in total. The van der Waals surface area contributed by atoms with Crippen LogP contribution in [0.4, 0.5) is 4.39 Å². The first kappa shape index (κ1) is 16.7. The molecule has 0 bridgehead atoms. The Hall–Kier alpha value is -2.69. The molecule has 0 unspecified atom stereocenters. The van der Waals surface area contributed by atoms with Gasteiger partial charge in [-0.05, 0) is 24.6 Å². The molecule has 0 saturated carbocycles. The van der Waals surface area contributed by atoms with Crippen molar-refractivity contribution in [2.45, 2.75) is 19.4 Å². The Morgan fingerprint density at radius 2 is 1.78 bits per heavy atom. The number of ether oxygens (including phenoxy) is 1. The van der Waals surface area contributed by atoms with E-state index in [4.69, 9.17) is 4.74 Å². The van der Waals surface area contributed by atoms with Gasteiger partial charge in [-0.15, -0.1) is 0 Å². The third kappa shape index (κ3) is 4.39. The molecule has 0 aromatic heterocycles. The second-order valence-electron chi connectivity index (χ2n) is 5.22. The van der Waals surface area contributed by atoms with Gasteiger partial charge >= 0.3 is 5.97 Å². The Balaban J connectivity index is 2.15. The van der Waals surface area contributed by atoms with E-state index in [2.05, 4.69) is 5.32 Å². The number of hydrogen-bond donors (Lipinski definition) is 1. The highest BCUT2D eigenvalue weighted by Gasteiger charge is 2.23. The van der Waals surface area contributed by atoms with Crippen molar-refractivity contribution < 1.29 is 18.7 Å². The Bertz CT molecular complexity index is 698. The summed E-state index contributed by atoms with van der Waals surface area (Å²) in [6, 6.07) is 12.3. The van der Waals surface area contributed by atoms with E-state index in [0.29, 0.717) is 0 Å². The van der Waals surface area contributed by atoms with Crippen LogP contribution in [-0.2, 0) is 16.0 Å². The number of nitrogens with one attached hydrogen (secondary N) is 1. The van der Waals surface area contributed by atoms with Gasteiger partial charge in [-0.2, -0.15) is 0 Å². The molecule has 2 rings (SSSR count). The van der Waals surface area contributed by atoms with Crippen molar-refractivity contribution in [3.8, 4) is 0 Å². The summed E-state index contributed by atoms with van der Waals surface area (Å²) in [5.74, 6) is -1.86. The minimum atomic E-state index is -0.880. The SMILES string of the molecule is COC(=O)[C@@H](Cc1ccc(C)cc1)NC(=O)c1ccccc1F. The lowest BCUT2D eigenvalue weighted by Gasteiger charge is -2.17. The van der Waals surface area contributed by atoms with Gasteiger partial charge in [0, 0.05) is 6.42 Å². The molecular weight excluding hydrogens is 297 g/mol. The molecule has 0 saturated heterocycles. The van der Waals surface area contributed by atoms with Crippen LogP contribution in [0.1, 0.15) is 21.5 Å². The largest absolute Gasteiger partial charge is 0.467 e. The predicted octanol–water partition coefficient (Wildman–Crippen LogP) is 2.65. The zero-order chi connectivity index (χ0) is 16.8. The molecule has 0 aliphatic heterocycles. The summed E-state index contributed by atoms with van der Waals surface area (Å²) in [6.07, 6.45) is 0.271. The summed E-state index contributed by atoms with van der Waals surface area (Å²) in [4.78, 5) is 24.1. The van der Waals surface area contributed by atoms with Gasteiger partial charge in [-0.3, -0.25) is 4.79 Å². The molecule has 0 fully saturated rings. The smallest absolute Gasteiger partial charge is 0.328 e. The molecule has 5 heteroatoms. The zero-order valence-electron chi connectivity index (χ0n) is 13.0. The van der Waals surface area contributed by atoms with Gasteiger partial charge < -0.3 is 10.1 Å². The van der Waals surface area contributed by atoms with E-state index in [1.807, 2.05) is 31.2 Å². The summed E-state index contributed by atoms with van der Waals surface area (Å²) in [6.45, 7) is 1.96. The van der Waals surface area contributed by atoms with Crippen LogP contribution in [0, 0.1) is 12.7 Å². The van der Waals surface area contributed by atoms with Crippen LogP contribution in [0.2, 0.25) is 0 Å². The molecule has 1 amide bonds. The highest BCUT2D eigenvalue weighted by atomic mass is 19.1. The Labute approximate surface area is 134 Å². The zero-order valence-corrected chi connectivity index (χ0v) is 13.0. The molecule has 1 atom stereocenters. The average Bonchev–Trinajstić information content (AvgIpc) is 2.55. The van der Waals surface area contributed by atoms with Gasteiger partial charge in [0.05, 0.1) is 12.7 Å². The maximum atomic E-state index is 13.7. The van der Waals surface area contributed by atoms with Gasteiger partial charge in [0.2, 0.25) is 0 Å². The van der Waals surface area contributed by atoms with E-state index >= 15 is 0 Å². The summed E-state index contributed by atoms with van der Waals surface area (Å²) in [5.41, 5.74) is 1.86. The van der Waals surface area contributed by atoms with Gasteiger partial charge in [-0.25, -0.2) is 9.18 Å². The first-order chi connectivity index (χ1) is 11.0. The van der Waals surface area contributed by atoms with Crippen molar-refractivity contribution >= 4 is 11.9 Å². The van der Waals surface area contributed by atoms with E-state index in [1.165, 1.54) is 25.3 Å². The van der Waals surface area contributed by atoms with E-state index in [9.17, 15) is 14.0 Å². The fourth-order valence-corrected chi connectivity index (χ4v) is 2.18. The van der Waals surface area contributed by atoms with Crippen molar-refractivity contribution in [2.24, 2.45) is 0 Å². The third-order valence-corrected chi connectivity index (χ3v) is 3.47. The first-order valence-corrected chi connectivity index (χ1v) is 7.20. The van der Waals surface area contributed by atoms with E-state index in [-0.39, 0.29) is 12.0 Å². The number of hydrogen-bond acceptors (Lipinski definition) is 3. The standard InChI is InChI=1S/C18H18FNO3/c1-12-7-9-13(10-8-12)11-16(18(22)23-2)20-17(21)14-5-3-4-6-15(14)19/h3-10,16H,11H2,1-2H3,(H,20,21)/t16-/m1/s1. The van der Waals surface area contributed by atoms with E-state index in [1.54, 1.807) is 6.07 Å². The van der Waals surface area contributed by atoms with Crippen molar-refractivity contribution in [3.05, 3.63) is 71.0 Å². The molecule has 120 valence electrons. The van der Waals surface area contributed by atoms with Crippen LogP contribution in [0.3, 0.4) is 0 Å². The number of rotatable bonds is 5. The summed E-state index contributed by atoms with van der Waals surface area (Å²) in [7, 11) is 1.25. The molecule has 23 heavy (non-hydrogen) atoms. The lowest BCUT2D eigenvalue weighted by molar-refractivity contribution is -0.142. The third-order valence-electron chi connectivity index (χ3n) is 3.47. The minimum Gasteiger partial charge on any atom is -0.467 e. The maximum Gasteiger partial charge on any atom is 0.328 e. The van der Waals surface area contributed by atoms with Gasteiger partial charge in [0.25, 0.3) is 5.91 Å². The number of aryl methyl sites for hydroxylation is 1. The molecule has 2 aromatic rings. The van der Waals surface area contributed by atoms with Crippen LogP contribution < -0.4 is 5.32 Å². The molecule has 4 nitrogen and oxygen atoms in total. The number of carbonyl (C=O) groups excluding carboxylic acids is 2. The quantitative estimate of drug-likeness (QED) is 0.863. The topological polar surface area (TPSA) is 55.4 Å². The monoisotopic (exact) mass is 315 g/mol. The predicted molar refractivity (Wildman–Crippen MR) is 84.6 cm³/mol. The summed E-state index contributed by atoms with van der Waals surface area (Å²) >= 11 is 0. The number of halogens is 1. The fraction of sp³-hybridized carbons (Fsp3) is 0.222. The maximum absolute atomic E-state index is 13.7. The number of carbonyl (C=O) groups is 2. The Morgan fingerprint density at radius 3 is 2.39 bits per heavy atom. The highest BCUT2D eigenvalue weighted by molar-refractivity contribution is 5.97. The number of esters is 1. The van der Waals surface area contributed by atoms with Gasteiger partial charge in [-0.1, -0.05) is 42.0 Å². The molecule has 0 aliphatic rings. The Morgan fingerprint density at radius 1 is 1.13 bits per heavy atom. The molecule has 0 spiro atoms. The van der Waals surface area contributed by atoms with Crippen LogP contribution in [-0.4, -0.2) is 25.0 Å². The van der Waals surface area contributed by atoms with Crippen LogP contribution in [0.15, 0.2) is 48.5 Å². The summed E-state index contributed by atoms with van der Waals surface area (Å²) < 4.78 is 18.4. The molecule has 0 heterocycles. The van der Waals surface area contributed by atoms with Crippen molar-refractivity contribution in [2.75, 3.05) is 7.11 Å². The van der Waals surface area contributed by atoms with Crippen molar-refractivity contribution in [1.29, 1.82) is 0 Å². The molecular formula is C18H18FNO3. The first-order valence-electron chi connectivity index (χ1n) is 7.20. The molecule has 2 aromatic carbocycles. The lowest BCUT2D eigenvalue weighted by Crippen LogP contribution is -2.43. The molecule has 0 aliphatic carbocycles. The highest BCUT2D eigenvalue weighted by Crippen LogP contribution is 2.10. The van der Waals surface area contributed by atoms with Crippen LogP contribution >= 0.6 is 0 Å². The van der Waals surface area contributed by atoms with E-state index in [0.717, 1.165) is 11.1 Å². The van der Waals surface area contributed by atoms with Gasteiger partial charge in [0.1, 0.15) is 11.9 Å². The number of amides is 1.